The van der Waals surface area contributed by atoms with Crippen LogP contribution in [0.4, 0.5) is 0 Å². The number of piperidine rings is 1. The average molecular weight is 398 g/mol. The molecule has 3 rings (SSSR count). The molecule has 2 aromatic carbocycles. The van der Waals surface area contributed by atoms with Gasteiger partial charge in [-0.3, -0.25) is 9.59 Å². The summed E-state index contributed by atoms with van der Waals surface area (Å²) < 4.78 is 15.6. The number of ether oxygens (including phenoxy) is 3. The summed E-state index contributed by atoms with van der Waals surface area (Å²) in [7, 11) is 4.69. The van der Waals surface area contributed by atoms with Gasteiger partial charge in [-0.15, -0.1) is 0 Å². The fourth-order valence-electron chi connectivity index (χ4n) is 3.39. The molecule has 0 unspecified atom stereocenters. The fourth-order valence-corrected chi connectivity index (χ4v) is 3.39. The van der Waals surface area contributed by atoms with Crippen molar-refractivity contribution in [3.63, 3.8) is 0 Å². The maximum Gasteiger partial charge on any atom is 0.253 e. The van der Waals surface area contributed by atoms with Crippen molar-refractivity contribution in [3.8, 4) is 17.2 Å². The molecule has 1 aliphatic rings. The molecular formula is C22H26N2O5. The van der Waals surface area contributed by atoms with Crippen LogP contribution in [0.15, 0.2) is 42.5 Å². The average Bonchev–Trinajstić information content (AvgIpc) is 2.78. The van der Waals surface area contributed by atoms with E-state index in [1.165, 1.54) is 0 Å². The number of nitrogens with zero attached hydrogens (tertiary/aromatic N) is 1. The first-order valence-electron chi connectivity index (χ1n) is 9.52. The summed E-state index contributed by atoms with van der Waals surface area (Å²) in [6, 6.07) is 12.2. The van der Waals surface area contributed by atoms with Crippen molar-refractivity contribution in [2.45, 2.75) is 18.9 Å². The van der Waals surface area contributed by atoms with Crippen LogP contribution in [0.3, 0.4) is 0 Å². The van der Waals surface area contributed by atoms with Crippen LogP contribution in [0, 0.1) is 0 Å². The third-order valence-corrected chi connectivity index (χ3v) is 5.10. The van der Waals surface area contributed by atoms with Gasteiger partial charge in [-0.05, 0) is 55.3 Å². The number of likely N-dealkylation sites (tertiary alicyclic amines) is 1. The Morgan fingerprint density at radius 3 is 2.07 bits per heavy atom. The molecule has 154 valence electrons. The van der Waals surface area contributed by atoms with E-state index in [0.29, 0.717) is 54.3 Å². The molecule has 2 amide bonds. The first-order chi connectivity index (χ1) is 14.0. The molecule has 0 radical (unpaired) electrons. The molecule has 2 aromatic rings. The van der Waals surface area contributed by atoms with Crippen LogP contribution in [-0.4, -0.2) is 57.2 Å². The van der Waals surface area contributed by atoms with E-state index in [-0.39, 0.29) is 17.9 Å². The quantitative estimate of drug-likeness (QED) is 0.810. The van der Waals surface area contributed by atoms with Gasteiger partial charge in [-0.1, -0.05) is 0 Å². The first kappa shape index (κ1) is 20.5. The van der Waals surface area contributed by atoms with E-state index in [1.54, 1.807) is 68.7 Å². The van der Waals surface area contributed by atoms with Crippen molar-refractivity contribution in [2.24, 2.45) is 0 Å². The number of methoxy groups -OCH3 is 3. The lowest BCUT2D eigenvalue weighted by Crippen LogP contribution is -2.46. The normalized spacial score (nSPS) is 14.2. The molecule has 0 bridgehead atoms. The predicted octanol–water partition coefficient (Wildman–Crippen LogP) is 2.75. The van der Waals surface area contributed by atoms with Gasteiger partial charge in [0.15, 0.2) is 11.5 Å². The molecule has 1 aliphatic heterocycles. The van der Waals surface area contributed by atoms with Gasteiger partial charge in [-0.25, -0.2) is 0 Å². The van der Waals surface area contributed by atoms with Crippen LogP contribution >= 0.6 is 0 Å². The van der Waals surface area contributed by atoms with Crippen molar-refractivity contribution < 1.29 is 23.8 Å². The minimum absolute atomic E-state index is 0.0408. The third kappa shape index (κ3) is 4.80. The summed E-state index contributed by atoms with van der Waals surface area (Å²) in [5.74, 6) is 1.66. The Hall–Kier alpha value is -3.22. The van der Waals surface area contributed by atoms with Crippen molar-refractivity contribution in [1.29, 1.82) is 0 Å². The number of carbonyl (C=O) groups excluding carboxylic acids is 2. The molecule has 7 nitrogen and oxygen atoms in total. The van der Waals surface area contributed by atoms with Gasteiger partial charge in [0.25, 0.3) is 11.8 Å². The predicted molar refractivity (Wildman–Crippen MR) is 109 cm³/mol. The highest BCUT2D eigenvalue weighted by molar-refractivity contribution is 5.95. The van der Waals surface area contributed by atoms with Crippen LogP contribution in [-0.2, 0) is 0 Å². The molecule has 0 atom stereocenters. The lowest BCUT2D eigenvalue weighted by atomic mass is 10.0. The van der Waals surface area contributed by atoms with Crippen LogP contribution in [0.2, 0.25) is 0 Å². The molecule has 29 heavy (non-hydrogen) atoms. The van der Waals surface area contributed by atoms with Gasteiger partial charge in [0.2, 0.25) is 0 Å². The van der Waals surface area contributed by atoms with Crippen molar-refractivity contribution in [1.82, 2.24) is 10.2 Å². The number of rotatable bonds is 6. The Labute approximate surface area is 170 Å². The van der Waals surface area contributed by atoms with Gasteiger partial charge in [0.1, 0.15) is 5.75 Å². The maximum atomic E-state index is 12.8. The Bertz CT molecular complexity index is 858. The zero-order valence-electron chi connectivity index (χ0n) is 16.9. The molecule has 0 saturated carbocycles. The van der Waals surface area contributed by atoms with Gasteiger partial charge < -0.3 is 24.4 Å². The van der Waals surface area contributed by atoms with E-state index < -0.39 is 0 Å². The smallest absolute Gasteiger partial charge is 0.253 e. The van der Waals surface area contributed by atoms with Crippen molar-refractivity contribution in [3.05, 3.63) is 53.6 Å². The summed E-state index contributed by atoms with van der Waals surface area (Å²) in [5.41, 5.74) is 1.15. The summed E-state index contributed by atoms with van der Waals surface area (Å²) in [6.45, 7) is 1.17. The second-order valence-corrected chi connectivity index (χ2v) is 6.84. The molecule has 0 aliphatic carbocycles. The van der Waals surface area contributed by atoms with Crippen LogP contribution in [0.5, 0.6) is 17.2 Å². The third-order valence-electron chi connectivity index (χ3n) is 5.10. The topological polar surface area (TPSA) is 77.1 Å². The molecule has 0 aromatic heterocycles. The summed E-state index contributed by atoms with van der Waals surface area (Å²) in [6.07, 6.45) is 1.42. The van der Waals surface area contributed by atoms with Gasteiger partial charge in [0.05, 0.1) is 21.3 Å². The number of amides is 2. The highest BCUT2D eigenvalue weighted by Crippen LogP contribution is 2.28. The summed E-state index contributed by atoms with van der Waals surface area (Å²) in [4.78, 5) is 27.0. The Balaban J connectivity index is 1.55. The second kappa shape index (κ2) is 9.32. The minimum atomic E-state index is -0.114. The molecule has 0 spiro atoms. The largest absolute Gasteiger partial charge is 0.497 e. The Kier molecular flexibility index (Phi) is 6.59. The van der Waals surface area contributed by atoms with E-state index in [9.17, 15) is 9.59 Å². The number of hydrogen-bond acceptors (Lipinski definition) is 5. The number of nitrogens with one attached hydrogen (secondary N) is 1. The van der Waals surface area contributed by atoms with Crippen LogP contribution < -0.4 is 19.5 Å². The zero-order chi connectivity index (χ0) is 20.8. The van der Waals surface area contributed by atoms with E-state index >= 15 is 0 Å². The zero-order valence-corrected chi connectivity index (χ0v) is 16.9. The molecular weight excluding hydrogens is 372 g/mol. The molecule has 7 heteroatoms. The van der Waals surface area contributed by atoms with E-state index in [4.69, 9.17) is 14.2 Å². The number of benzene rings is 2. The number of hydrogen-bond donors (Lipinski definition) is 1. The van der Waals surface area contributed by atoms with Gasteiger partial charge >= 0.3 is 0 Å². The molecule has 1 N–H and O–H groups in total. The Morgan fingerprint density at radius 1 is 0.862 bits per heavy atom. The van der Waals surface area contributed by atoms with E-state index in [2.05, 4.69) is 5.32 Å². The Morgan fingerprint density at radius 2 is 1.48 bits per heavy atom. The van der Waals surface area contributed by atoms with Crippen molar-refractivity contribution in [2.75, 3.05) is 34.4 Å². The minimum Gasteiger partial charge on any atom is -0.497 e. The van der Waals surface area contributed by atoms with E-state index in [0.717, 1.165) is 0 Å². The monoisotopic (exact) mass is 398 g/mol. The summed E-state index contributed by atoms with van der Waals surface area (Å²) >= 11 is 0. The van der Waals surface area contributed by atoms with Crippen molar-refractivity contribution >= 4 is 11.8 Å². The lowest BCUT2D eigenvalue weighted by Gasteiger charge is -2.32. The van der Waals surface area contributed by atoms with Crippen LogP contribution in [0.25, 0.3) is 0 Å². The highest BCUT2D eigenvalue weighted by atomic mass is 16.5. The summed E-state index contributed by atoms with van der Waals surface area (Å²) in [5, 5.41) is 3.05. The maximum absolute atomic E-state index is 12.8. The fraction of sp³-hybridized carbons (Fsp3) is 0.364. The highest BCUT2D eigenvalue weighted by Gasteiger charge is 2.25. The first-order valence-corrected chi connectivity index (χ1v) is 9.52. The molecule has 1 fully saturated rings. The lowest BCUT2D eigenvalue weighted by molar-refractivity contribution is 0.0697. The number of carbonyl (C=O) groups is 2. The van der Waals surface area contributed by atoms with Crippen LogP contribution in [0.1, 0.15) is 33.6 Å². The SMILES string of the molecule is COc1ccc(C(=O)NC2CCN(C(=O)c3ccc(OC)c(OC)c3)CC2)cc1. The van der Waals surface area contributed by atoms with E-state index in [1.807, 2.05) is 0 Å². The van der Waals surface area contributed by atoms with Gasteiger partial charge in [-0.2, -0.15) is 0 Å². The molecule has 1 heterocycles. The molecule has 1 saturated heterocycles. The van der Waals surface area contributed by atoms with Gasteiger partial charge in [0, 0.05) is 30.3 Å². The standard InChI is InChI=1S/C22H26N2O5/c1-27-18-7-4-15(5-8-18)21(25)23-17-10-12-24(13-11-17)22(26)16-6-9-19(28-2)20(14-16)29-3/h4-9,14,17H,10-13H2,1-3H3,(H,23,25). The second-order valence-electron chi connectivity index (χ2n) is 6.84.